The zero-order valence-corrected chi connectivity index (χ0v) is 16.4. The number of hydrogen-bond acceptors (Lipinski definition) is 3. The summed E-state index contributed by atoms with van der Waals surface area (Å²) < 4.78 is 0. The number of amides is 3. The lowest BCUT2D eigenvalue weighted by Gasteiger charge is -2.17. The fourth-order valence-corrected chi connectivity index (χ4v) is 2.38. The van der Waals surface area contributed by atoms with Crippen LogP contribution in [0.3, 0.4) is 0 Å². The van der Waals surface area contributed by atoms with Crippen LogP contribution in [0.1, 0.15) is 53.4 Å². The molecule has 6 nitrogen and oxygen atoms in total. The number of benzene rings is 1. The van der Waals surface area contributed by atoms with Gasteiger partial charge in [-0.1, -0.05) is 65.2 Å². The van der Waals surface area contributed by atoms with Crippen LogP contribution in [0.4, 0.5) is 15.3 Å². The normalized spacial score (nSPS) is 11.5. The number of para-hydroxylation sites is 1. The largest absolute Gasteiger partial charge is 0.465 e. The molecular weight excluding hydrogens is 332 g/mol. The maximum atomic E-state index is 10.8. The Hall–Kier alpha value is -2.08. The predicted molar refractivity (Wildman–Crippen MR) is 105 cm³/mol. The van der Waals surface area contributed by atoms with Crippen LogP contribution >= 0.6 is 0 Å². The number of rotatable bonds is 8. The van der Waals surface area contributed by atoms with E-state index in [9.17, 15) is 9.59 Å². The number of nitrogens with one attached hydrogen (secondary N) is 2. The van der Waals surface area contributed by atoms with Crippen molar-refractivity contribution in [1.29, 1.82) is 0 Å². The molecule has 1 unspecified atom stereocenters. The highest BCUT2D eigenvalue weighted by atomic mass is 16.4. The summed E-state index contributed by atoms with van der Waals surface area (Å²) in [5, 5.41) is 21.3. The second-order valence-electron chi connectivity index (χ2n) is 7.12. The minimum Gasteiger partial charge on any atom is -0.465 e. The molecule has 0 aliphatic heterocycles. The number of carbonyl (C=O) groups excluding carboxylic acids is 1. The van der Waals surface area contributed by atoms with Gasteiger partial charge in [0.1, 0.15) is 0 Å². The Morgan fingerprint density at radius 2 is 1.58 bits per heavy atom. The zero-order valence-electron chi connectivity index (χ0n) is 16.4. The molecule has 6 heteroatoms. The van der Waals surface area contributed by atoms with Gasteiger partial charge >= 0.3 is 12.1 Å². The average molecular weight is 367 g/mol. The Bertz CT molecular complexity index is 504. The molecule has 0 saturated heterocycles. The van der Waals surface area contributed by atoms with Crippen molar-refractivity contribution in [1.82, 2.24) is 5.32 Å². The predicted octanol–water partition coefficient (Wildman–Crippen LogP) is 4.95. The van der Waals surface area contributed by atoms with Crippen molar-refractivity contribution in [2.45, 2.75) is 53.4 Å². The first-order valence-corrected chi connectivity index (χ1v) is 9.23. The van der Waals surface area contributed by atoms with E-state index >= 15 is 0 Å². The first kappa shape index (κ1) is 23.9. The summed E-state index contributed by atoms with van der Waals surface area (Å²) in [5.74, 6) is 1.97. The Morgan fingerprint density at radius 3 is 2.04 bits per heavy atom. The Labute approximate surface area is 157 Å². The molecule has 0 aromatic heterocycles. The van der Waals surface area contributed by atoms with Crippen LogP contribution in [0, 0.1) is 17.8 Å². The van der Waals surface area contributed by atoms with Gasteiger partial charge in [0.05, 0.1) is 0 Å². The minimum absolute atomic E-state index is 0.360. The Balaban J connectivity index is 0.000000481. The van der Waals surface area contributed by atoms with E-state index in [4.69, 9.17) is 10.2 Å². The van der Waals surface area contributed by atoms with E-state index in [2.05, 4.69) is 33.0 Å². The molecule has 0 bridgehead atoms. The van der Waals surface area contributed by atoms with Gasteiger partial charge in [0.15, 0.2) is 0 Å². The summed E-state index contributed by atoms with van der Waals surface area (Å²) in [5.41, 5.74) is 0.543. The van der Waals surface area contributed by atoms with Crippen LogP contribution in [0.15, 0.2) is 30.3 Å². The third-order valence-corrected chi connectivity index (χ3v) is 4.04. The van der Waals surface area contributed by atoms with Gasteiger partial charge in [0, 0.05) is 12.3 Å². The van der Waals surface area contributed by atoms with Crippen LogP contribution in [0.5, 0.6) is 0 Å². The van der Waals surface area contributed by atoms with Crippen LogP contribution < -0.4 is 10.6 Å². The van der Waals surface area contributed by atoms with E-state index in [0.717, 1.165) is 5.92 Å². The number of unbranched alkanes of at least 4 members (excludes halogenated alkanes) is 1. The Morgan fingerprint density at radius 1 is 1.00 bits per heavy atom. The number of anilines is 1. The number of hydrogen-bond donors (Lipinski definition) is 4. The standard InChI is InChI=1S/C12H26O.C8H8N2O3/c1-10(2)7-5-6-8-12(9-13)11(3)4;11-7(10-8(12)13)9-6-4-2-1-3-5-6/h10-13H,5-9H2,1-4H3;1-5H,(H,12,13)(H2,9,10,11). The van der Waals surface area contributed by atoms with Gasteiger partial charge in [-0.15, -0.1) is 0 Å². The molecule has 0 saturated carbocycles. The van der Waals surface area contributed by atoms with Gasteiger partial charge in [0.25, 0.3) is 0 Å². The number of imide groups is 1. The summed E-state index contributed by atoms with van der Waals surface area (Å²) in [7, 11) is 0. The molecule has 0 heterocycles. The summed E-state index contributed by atoms with van der Waals surface area (Å²) in [6.07, 6.45) is 3.74. The second kappa shape index (κ2) is 14.1. The third kappa shape index (κ3) is 13.2. The molecular formula is C20H34N2O4. The van der Waals surface area contributed by atoms with Gasteiger partial charge < -0.3 is 15.5 Å². The molecule has 0 aliphatic rings. The van der Waals surface area contributed by atoms with Crippen molar-refractivity contribution in [3.8, 4) is 0 Å². The highest BCUT2D eigenvalue weighted by molar-refractivity contribution is 5.98. The van der Waals surface area contributed by atoms with Gasteiger partial charge in [-0.25, -0.2) is 14.9 Å². The van der Waals surface area contributed by atoms with Crippen molar-refractivity contribution in [2.24, 2.45) is 17.8 Å². The summed E-state index contributed by atoms with van der Waals surface area (Å²) in [4.78, 5) is 20.8. The van der Waals surface area contributed by atoms with E-state index in [1.54, 1.807) is 35.6 Å². The third-order valence-electron chi connectivity index (χ3n) is 4.04. The molecule has 0 radical (unpaired) electrons. The lowest BCUT2D eigenvalue weighted by atomic mass is 9.90. The van der Waals surface area contributed by atoms with E-state index in [0.29, 0.717) is 24.1 Å². The van der Waals surface area contributed by atoms with Crippen molar-refractivity contribution in [3.05, 3.63) is 30.3 Å². The van der Waals surface area contributed by atoms with E-state index in [1.807, 2.05) is 0 Å². The molecule has 1 aromatic rings. The fraction of sp³-hybridized carbons (Fsp3) is 0.600. The average Bonchev–Trinajstić information content (AvgIpc) is 2.55. The summed E-state index contributed by atoms with van der Waals surface area (Å²) in [6, 6.07) is 7.80. The molecule has 4 N–H and O–H groups in total. The second-order valence-corrected chi connectivity index (χ2v) is 7.12. The van der Waals surface area contributed by atoms with Crippen molar-refractivity contribution in [3.63, 3.8) is 0 Å². The molecule has 1 atom stereocenters. The smallest absolute Gasteiger partial charge is 0.412 e. The quantitative estimate of drug-likeness (QED) is 0.489. The number of urea groups is 1. The lowest BCUT2D eigenvalue weighted by molar-refractivity contribution is 0.177. The van der Waals surface area contributed by atoms with Crippen molar-refractivity contribution in [2.75, 3.05) is 11.9 Å². The number of aliphatic hydroxyl groups excluding tert-OH is 1. The van der Waals surface area contributed by atoms with Gasteiger partial charge in [-0.05, 0) is 36.3 Å². The zero-order chi connectivity index (χ0) is 19.9. The topological polar surface area (TPSA) is 98.7 Å². The summed E-state index contributed by atoms with van der Waals surface area (Å²) in [6.45, 7) is 9.30. The maximum Gasteiger partial charge on any atom is 0.412 e. The fourth-order valence-electron chi connectivity index (χ4n) is 2.38. The SMILES string of the molecule is CC(C)CCCCC(CO)C(C)C.O=C(O)NC(=O)Nc1ccccc1. The lowest BCUT2D eigenvalue weighted by Crippen LogP contribution is -2.32. The number of carbonyl (C=O) groups is 2. The van der Waals surface area contributed by atoms with Gasteiger partial charge in [-0.2, -0.15) is 0 Å². The molecule has 0 aliphatic carbocycles. The summed E-state index contributed by atoms with van der Waals surface area (Å²) >= 11 is 0. The van der Waals surface area contributed by atoms with Gasteiger partial charge in [0.2, 0.25) is 0 Å². The molecule has 1 rings (SSSR count). The van der Waals surface area contributed by atoms with Crippen LogP contribution in [-0.2, 0) is 0 Å². The highest BCUT2D eigenvalue weighted by Gasteiger charge is 2.11. The van der Waals surface area contributed by atoms with E-state index in [1.165, 1.54) is 25.7 Å². The molecule has 0 fully saturated rings. The monoisotopic (exact) mass is 366 g/mol. The number of carboxylic acid groups (broad SMARTS) is 1. The number of aliphatic hydroxyl groups is 1. The van der Waals surface area contributed by atoms with E-state index in [-0.39, 0.29) is 0 Å². The van der Waals surface area contributed by atoms with Gasteiger partial charge in [-0.3, -0.25) is 0 Å². The van der Waals surface area contributed by atoms with Crippen molar-refractivity contribution >= 4 is 17.8 Å². The molecule has 3 amide bonds. The Kier molecular flexibility index (Phi) is 13.0. The molecule has 1 aromatic carbocycles. The minimum atomic E-state index is -1.38. The molecule has 26 heavy (non-hydrogen) atoms. The van der Waals surface area contributed by atoms with Crippen LogP contribution in [-0.4, -0.2) is 28.9 Å². The molecule has 148 valence electrons. The maximum absolute atomic E-state index is 10.8. The van der Waals surface area contributed by atoms with Crippen molar-refractivity contribution < 1.29 is 19.8 Å². The first-order chi connectivity index (χ1) is 12.3. The van der Waals surface area contributed by atoms with E-state index < -0.39 is 12.1 Å². The molecule has 0 spiro atoms. The van der Waals surface area contributed by atoms with Crippen LogP contribution in [0.25, 0.3) is 0 Å². The highest BCUT2D eigenvalue weighted by Crippen LogP contribution is 2.19. The first-order valence-electron chi connectivity index (χ1n) is 9.23. The van der Waals surface area contributed by atoms with Crippen LogP contribution in [0.2, 0.25) is 0 Å².